The van der Waals surface area contributed by atoms with Crippen molar-refractivity contribution in [3.8, 4) is 0 Å². The number of nitrogens with two attached hydrogens (primary N) is 1. The van der Waals surface area contributed by atoms with Crippen LogP contribution in [0.4, 0.5) is 4.79 Å². The summed E-state index contributed by atoms with van der Waals surface area (Å²) < 4.78 is 5.17. The molecule has 0 unspecified atom stereocenters. The van der Waals surface area contributed by atoms with Crippen LogP contribution in [0.25, 0.3) is 0 Å². The molecule has 7 nitrogen and oxygen atoms in total. The molecule has 1 aliphatic carbocycles. The third-order valence-electron chi connectivity index (χ3n) is 3.82. The number of carbonyl (C=O) groups excluding carboxylic acids is 2. The SMILES string of the molecule is CCc1cc(CN(C)C(=O)N[C@@H]2CC=CC[C@H]2C(N)=O)on1. The van der Waals surface area contributed by atoms with E-state index in [1.54, 1.807) is 7.05 Å². The fourth-order valence-electron chi connectivity index (χ4n) is 2.46. The number of allylic oxidation sites excluding steroid dienone is 1. The van der Waals surface area contributed by atoms with E-state index in [2.05, 4.69) is 10.5 Å². The maximum absolute atomic E-state index is 12.2. The molecule has 0 saturated heterocycles. The number of nitrogens with zero attached hydrogens (tertiary/aromatic N) is 2. The summed E-state index contributed by atoms with van der Waals surface area (Å²) in [5.74, 6) is -0.121. The minimum absolute atomic E-state index is 0.263. The zero-order valence-corrected chi connectivity index (χ0v) is 12.9. The van der Waals surface area contributed by atoms with E-state index in [1.807, 2.05) is 25.1 Å². The Bertz CT molecular complexity index is 567. The fourth-order valence-corrected chi connectivity index (χ4v) is 2.46. The molecule has 2 rings (SSSR count). The molecule has 3 N–H and O–H groups in total. The molecule has 0 bridgehead atoms. The number of carbonyl (C=O) groups is 2. The summed E-state index contributed by atoms with van der Waals surface area (Å²) in [6.45, 7) is 2.31. The van der Waals surface area contributed by atoms with E-state index >= 15 is 0 Å². The lowest BCUT2D eigenvalue weighted by atomic mass is 9.88. The second-order valence-corrected chi connectivity index (χ2v) is 5.50. The third kappa shape index (κ3) is 3.87. The number of primary amides is 1. The van der Waals surface area contributed by atoms with Crippen LogP contribution in [-0.4, -0.2) is 35.1 Å². The largest absolute Gasteiger partial charge is 0.369 e. The first-order chi connectivity index (χ1) is 10.5. The van der Waals surface area contributed by atoms with Crippen LogP contribution in [0.1, 0.15) is 31.2 Å². The summed E-state index contributed by atoms with van der Waals surface area (Å²) in [5, 5.41) is 6.76. The minimum Gasteiger partial charge on any atom is -0.369 e. The predicted molar refractivity (Wildman–Crippen MR) is 80.7 cm³/mol. The van der Waals surface area contributed by atoms with E-state index in [-0.39, 0.29) is 23.9 Å². The number of hydrogen-bond donors (Lipinski definition) is 2. The Labute approximate surface area is 129 Å². The van der Waals surface area contributed by atoms with Gasteiger partial charge in [-0.25, -0.2) is 4.79 Å². The summed E-state index contributed by atoms with van der Waals surface area (Å²) >= 11 is 0. The molecule has 0 aliphatic heterocycles. The standard InChI is InChI=1S/C15H22N4O3/c1-3-10-8-11(22-18-10)9-19(2)15(21)17-13-7-5-4-6-12(13)14(16)20/h4-5,8,12-13H,3,6-7,9H2,1-2H3,(H2,16,20)(H,17,21)/t12-,13-/m1/s1. The Morgan fingerprint density at radius 3 is 2.82 bits per heavy atom. The number of amides is 3. The molecule has 1 aromatic rings. The Balaban J connectivity index is 1.92. The predicted octanol–water partition coefficient (Wildman–Crippen LogP) is 1.20. The monoisotopic (exact) mass is 306 g/mol. The van der Waals surface area contributed by atoms with Crippen molar-refractivity contribution < 1.29 is 14.1 Å². The van der Waals surface area contributed by atoms with Gasteiger partial charge in [0.25, 0.3) is 0 Å². The molecule has 1 aromatic heterocycles. The molecule has 1 aliphatic rings. The quantitative estimate of drug-likeness (QED) is 0.798. The lowest BCUT2D eigenvalue weighted by molar-refractivity contribution is -0.122. The second kappa shape index (κ2) is 7.11. The summed E-state index contributed by atoms with van der Waals surface area (Å²) in [5.41, 5.74) is 6.25. The van der Waals surface area contributed by atoms with Crippen molar-refractivity contribution in [3.63, 3.8) is 0 Å². The van der Waals surface area contributed by atoms with Crippen LogP contribution in [-0.2, 0) is 17.8 Å². The number of hydrogen-bond acceptors (Lipinski definition) is 4. The Morgan fingerprint density at radius 2 is 2.18 bits per heavy atom. The highest BCUT2D eigenvalue weighted by molar-refractivity contribution is 5.80. The molecule has 0 fully saturated rings. The molecule has 0 saturated carbocycles. The van der Waals surface area contributed by atoms with Crippen molar-refractivity contribution >= 4 is 11.9 Å². The van der Waals surface area contributed by atoms with Crippen molar-refractivity contribution in [2.75, 3.05) is 7.05 Å². The van der Waals surface area contributed by atoms with Gasteiger partial charge >= 0.3 is 6.03 Å². The molecule has 120 valence electrons. The highest BCUT2D eigenvalue weighted by atomic mass is 16.5. The Hall–Kier alpha value is -2.31. The zero-order chi connectivity index (χ0) is 16.1. The van der Waals surface area contributed by atoms with Crippen LogP contribution in [0.3, 0.4) is 0 Å². The minimum atomic E-state index is -0.389. The van der Waals surface area contributed by atoms with Gasteiger partial charge in [-0.05, 0) is 19.3 Å². The average molecular weight is 306 g/mol. The lowest BCUT2D eigenvalue weighted by Gasteiger charge is -2.28. The molecule has 0 spiro atoms. The summed E-state index contributed by atoms with van der Waals surface area (Å²) in [6.07, 6.45) is 5.83. The number of aromatic nitrogens is 1. The van der Waals surface area contributed by atoms with Gasteiger partial charge in [0, 0.05) is 19.2 Å². The second-order valence-electron chi connectivity index (χ2n) is 5.50. The molecule has 22 heavy (non-hydrogen) atoms. The van der Waals surface area contributed by atoms with Crippen LogP contribution in [0.5, 0.6) is 0 Å². The van der Waals surface area contributed by atoms with Gasteiger partial charge in [0.15, 0.2) is 5.76 Å². The topological polar surface area (TPSA) is 101 Å². The van der Waals surface area contributed by atoms with E-state index in [0.717, 1.165) is 12.1 Å². The molecule has 2 atom stereocenters. The van der Waals surface area contributed by atoms with E-state index in [0.29, 0.717) is 25.1 Å². The molecule has 7 heteroatoms. The molecular formula is C15H22N4O3. The molecule has 0 aromatic carbocycles. The van der Waals surface area contributed by atoms with Gasteiger partial charge in [0.2, 0.25) is 5.91 Å². The van der Waals surface area contributed by atoms with E-state index in [4.69, 9.17) is 10.3 Å². The lowest BCUT2D eigenvalue weighted by Crippen LogP contribution is -2.49. The van der Waals surface area contributed by atoms with Gasteiger partial charge in [-0.1, -0.05) is 24.2 Å². The van der Waals surface area contributed by atoms with Gasteiger partial charge in [0.05, 0.1) is 18.2 Å². The number of aryl methyl sites for hydroxylation is 1. The van der Waals surface area contributed by atoms with E-state index in [1.165, 1.54) is 4.90 Å². The van der Waals surface area contributed by atoms with Crippen LogP contribution >= 0.6 is 0 Å². The van der Waals surface area contributed by atoms with Gasteiger partial charge in [-0.2, -0.15) is 0 Å². The van der Waals surface area contributed by atoms with Crippen LogP contribution in [0, 0.1) is 5.92 Å². The summed E-state index contributed by atoms with van der Waals surface area (Å²) in [6, 6.07) is 1.30. The smallest absolute Gasteiger partial charge is 0.317 e. The van der Waals surface area contributed by atoms with E-state index in [9.17, 15) is 9.59 Å². The van der Waals surface area contributed by atoms with Crippen molar-refractivity contribution in [3.05, 3.63) is 29.7 Å². The van der Waals surface area contributed by atoms with Crippen molar-refractivity contribution in [1.29, 1.82) is 0 Å². The van der Waals surface area contributed by atoms with Crippen LogP contribution < -0.4 is 11.1 Å². The number of nitrogens with one attached hydrogen (secondary N) is 1. The molecule has 0 radical (unpaired) electrons. The normalized spacial score (nSPS) is 20.6. The first-order valence-corrected chi connectivity index (χ1v) is 7.41. The third-order valence-corrected chi connectivity index (χ3v) is 3.82. The number of rotatable bonds is 5. The van der Waals surface area contributed by atoms with Crippen molar-refractivity contribution in [1.82, 2.24) is 15.4 Å². The Kier molecular flexibility index (Phi) is 5.19. The van der Waals surface area contributed by atoms with Gasteiger partial charge in [-0.15, -0.1) is 0 Å². The van der Waals surface area contributed by atoms with E-state index < -0.39 is 0 Å². The Morgan fingerprint density at radius 1 is 1.45 bits per heavy atom. The first kappa shape index (κ1) is 16.1. The number of urea groups is 1. The maximum Gasteiger partial charge on any atom is 0.317 e. The maximum atomic E-state index is 12.2. The fraction of sp³-hybridized carbons (Fsp3) is 0.533. The highest BCUT2D eigenvalue weighted by Gasteiger charge is 2.29. The average Bonchev–Trinajstić information content (AvgIpc) is 2.95. The van der Waals surface area contributed by atoms with Gasteiger partial charge < -0.3 is 20.5 Å². The summed E-state index contributed by atoms with van der Waals surface area (Å²) in [4.78, 5) is 25.2. The van der Waals surface area contributed by atoms with Crippen LogP contribution in [0.2, 0.25) is 0 Å². The van der Waals surface area contributed by atoms with Crippen molar-refractivity contribution in [2.24, 2.45) is 11.7 Å². The van der Waals surface area contributed by atoms with Crippen LogP contribution in [0.15, 0.2) is 22.7 Å². The highest BCUT2D eigenvalue weighted by Crippen LogP contribution is 2.19. The van der Waals surface area contributed by atoms with Crippen molar-refractivity contribution in [2.45, 2.75) is 38.8 Å². The van der Waals surface area contributed by atoms with Gasteiger partial charge in [-0.3, -0.25) is 4.79 Å². The summed E-state index contributed by atoms with van der Waals surface area (Å²) in [7, 11) is 1.67. The molecular weight excluding hydrogens is 284 g/mol. The molecule has 3 amide bonds. The van der Waals surface area contributed by atoms with Gasteiger partial charge in [0.1, 0.15) is 0 Å². The zero-order valence-electron chi connectivity index (χ0n) is 12.9. The first-order valence-electron chi connectivity index (χ1n) is 7.41. The molecule has 1 heterocycles.